The van der Waals surface area contributed by atoms with Crippen molar-refractivity contribution in [1.82, 2.24) is 5.32 Å². The zero-order chi connectivity index (χ0) is 15.2. The third-order valence-electron chi connectivity index (χ3n) is 4.26. The Labute approximate surface area is 128 Å². The predicted octanol–water partition coefficient (Wildman–Crippen LogP) is 4.67. The van der Waals surface area contributed by atoms with Gasteiger partial charge in [0, 0.05) is 18.7 Å². The molecule has 2 atom stereocenters. The number of hydrogen-bond donors (Lipinski definition) is 1. The molecule has 2 unspecified atom stereocenters. The van der Waals surface area contributed by atoms with Crippen molar-refractivity contribution in [3.8, 4) is 5.75 Å². The Morgan fingerprint density at radius 3 is 2.81 bits per heavy atom. The summed E-state index contributed by atoms with van der Waals surface area (Å²) < 4.78 is 19.8. The van der Waals surface area contributed by atoms with Crippen molar-refractivity contribution in [1.29, 1.82) is 0 Å². The molecule has 1 fully saturated rings. The summed E-state index contributed by atoms with van der Waals surface area (Å²) in [6.45, 7) is 7.09. The van der Waals surface area contributed by atoms with E-state index in [-0.39, 0.29) is 11.9 Å². The van der Waals surface area contributed by atoms with Crippen molar-refractivity contribution in [3.63, 3.8) is 0 Å². The van der Waals surface area contributed by atoms with Crippen molar-refractivity contribution < 1.29 is 9.13 Å². The van der Waals surface area contributed by atoms with Crippen LogP contribution in [0.25, 0.3) is 0 Å². The summed E-state index contributed by atoms with van der Waals surface area (Å²) in [5, 5.41) is 3.31. The van der Waals surface area contributed by atoms with Gasteiger partial charge in [0.25, 0.3) is 0 Å². The fraction of sp³-hybridized carbons (Fsp3) is 0.667. The summed E-state index contributed by atoms with van der Waals surface area (Å²) in [6.07, 6.45) is 6.19. The molecule has 1 aliphatic rings. The van der Waals surface area contributed by atoms with Crippen LogP contribution in [0.2, 0.25) is 0 Å². The smallest absolute Gasteiger partial charge is 0.127 e. The minimum absolute atomic E-state index is 0.212. The van der Waals surface area contributed by atoms with Crippen LogP contribution in [0.1, 0.15) is 58.4 Å². The lowest BCUT2D eigenvalue weighted by Crippen LogP contribution is -2.25. The number of nitrogens with one attached hydrogen (secondary N) is 1. The van der Waals surface area contributed by atoms with Gasteiger partial charge in [-0.2, -0.15) is 0 Å². The summed E-state index contributed by atoms with van der Waals surface area (Å²) in [5.41, 5.74) is 0.946. The van der Waals surface area contributed by atoms with Crippen LogP contribution in [0.15, 0.2) is 18.2 Å². The lowest BCUT2D eigenvalue weighted by Gasteiger charge is -2.29. The molecular formula is C18H28FNO. The molecule has 0 bridgehead atoms. The average molecular weight is 293 g/mol. The molecule has 1 aromatic rings. The molecule has 2 rings (SSSR count). The Kier molecular flexibility index (Phi) is 6.04. The van der Waals surface area contributed by atoms with Gasteiger partial charge in [-0.25, -0.2) is 4.39 Å². The first-order chi connectivity index (χ1) is 10.1. The van der Waals surface area contributed by atoms with Crippen LogP contribution in [-0.2, 0) is 6.54 Å². The van der Waals surface area contributed by atoms with E-state index in [0.29, 0.717) is 18.3 Å². The van der Waals surface area contributed by atoms with Gasteiger partial charge in [-0.15, -0.1) is 0 Å². The zero-order valence-electron chi connectivity index (χ0n) is 13.5. The van der Waals surface area contributed by atoms with E-state index in [1.54, 1.807) is 6.07 Å². The van der Waals surface area contributed by atoms with Crippen molar-refractivity contribution in [2.45, 2.75) is 71.6 Å². The molecule has 1 N–H and O–H groups in total. The van der Waals surface area contributed by atoms with E-state index in [9.17, 15) is 4.39 Å². The average Bonchev–Trinajstić information content (AvgIpc) is 2.45. The largest absolute Gasteiger partial charge is 0.490 e. The van der Waals surface area contributed by atoms with Gasteiger partial charge in [-0.05, 0) is 42.9 Å². The molecule has 0 spiro atoms. The first-order valence-corrected chi connectivity index (χ1v) is 8.26. The molecule has 21 heavy (non-hydrogen) atoms. The molecule has 0 radical (unpaired) electrons. The minimum Gasteiger partial charge on any atom is -0.490 e. The maximum Gasteiger partial charge on any atom is 0.127 e. The Hall–Kier alpha value is -1.09. The molecule has 0 aliphatic heterocycles. The molecule has 1 aliphatic carbocycles. The molecule has 118 valence electrons. The van der Waals surface area contributed by atoms with E-state index in [1.165, 1.54) is 25.3 Å². The van der Waals surface area contributed by atoms with Crippen molar-refractivity contribution in [2.75, 3.05) is 0 Å². The highest BCUT2D eigenvalue weighted by Crippen LogP contribution is 2.30. The summed E-state index contributed by atoms with van der Waals surface area (Å²) >= 11 is 0. The van der Waals surface area contributed by atoms with Crippen LogP contribution in [0.5, 0.6) is 5.75 Å². The molecule has 1 aromatic carbocycles. The van der Waals surface area contributed by atoms with Crippen LogP contribution < -0.4 is 10.1 Å². The van der Waals surface area contributed by atoms with E-state index in [2.05, 4.69) is 26.1 Å². The highest BCUT2D eigenvalue weighted by Gasteiger charge is 2.22. The highest BCUT2D eigenvalue weighted by atomic mass is 19.1. The third-order valence-corrected chi connectivity index (χ3v) is 4.26. The van der Waals surface area contributed by atoms with Crippen molar-refractivity contribution in [3.05, 3.63) is 29.6 Å². The second-order valence-electron chi connectivity index (χ2n) is 6.51. The lowest BCUT2D eigenvalue weighted by molar-refractivity contribution is 0.121. The molecular weight excluding hydrogens is 265 g/mol. The highest BCUT2D eigenvalue weighted by molar-refractivity contribution is 5.30. The maximum atomic E-state index is 13.7. The predicted molar refractivity (Wildman–Crippen MR) is 85.0 cm³/mol. The van der Waals surface area contributed by atoms with Crippen LogP contribution in [0, 0.1) is 11.7 Å². The Morgan fingerprint density at radius 1 is 1.29 bits per heavy atom. The van der Waals surface area contributed by atoms with E-state index in [0.717, 1.165) is 24.3 Å². The number of hydrogen-bond acceptors (Lipinski definition) is 2. The van der Waals surface area contributed by atoms with Gasteiger partial charge in [-0.1, -0.05) is 33.6 Å². The van der Waals surface area contributed by atoms with E-state index < -0.39 is 0 Å². The second kappa shape index (κ2) is 7.79. The topological polar surface area (TPSA) is 21.3 Å². The minimum atomic E-state index is -0.212. The molecule has 3 heteroatoms. The summed E-state index contributed by atoms with van der Waals surface area (Å²) in [5.74, 6) is 1.23. The lowest BCUT2D eigenvalue weighted by atomic mass is 9.85. The van der Waals surface area contributed by atoms with Gasteiger partial charge in [-0.3, -0.25) is 0 Å². The van der Waals surface area contributed by atoms with E-state index in [1.807, 2.05) is 6.07 Å². The first-order valence-electron chi connectivity index (χ1n) is 8.26. The van der Waals surface area contributed by atoms with Gasteiger partial charge in [0.05, 0.1) is 6.10 Å². The third kappa shape index (κ3) is 5.31. The van der Waals surface area contributed by atoms with Crippen LogP contribution >= 0.6 is 0 Å². The van der Waals surface area contributed by atoms with Gasteiger partial charge in [0.1, 0.15) is 11.6 Å². The SMILES string of the molecule is CCC1CCCC(Oc2cc(F)cc(CNC(C)C)c2)C1. The number of benzene rings is 1. The fourth-order valence-electron chi connectivity index (χ4n) is 3.02. The zero-order valence-corrected chi connectivity index (χ0v) is 13.5. The quantitative estimate of drug-likeness (QED) is 0.823. The molecule has 0 heterocycles. The molecule has 1 saturated carbocycles. The maximum absolute atomic E-state index is 13.7. The number of halogens is 1. The summed E-state index contributed by atoms with van der Waals surface area (Å²) in [6, 6.07) is 5.45. The number of rotatable bonds is 6. The monoisotopic (exact) mass is 293 g/mol. The Bertz CT molecular complexity index is 447. The van der Waals surface area contributed by atoms with Crippen molar-refractivity contribution >= 4 is 0 Å². The molecule has 2 nitrogen and oxygen atoms in total. The molecule has 0 aromatic heterocycles. The van der Waals surface area contributed by atoms with Crippen LogP contribution in [0.4, 0.5) is 4.39 Å². The van der Waals surface area contributed by atoms with E-state index >= 15 is 0 Å². The standard InChI is InChI=1S/C18H28FNO/c1-4-14-6-5-7-17(9-14)21-18-10-15(8-16(19)11-18)12-20-13(2)3/h8,10-11,13-14,17,20H,4-7,9,12H2,1-3H3. The Morgan fingerprint density at radius 2 is 2.10 bits per heavy atom. The van der Waals surface area contributed by atoms with Crippen molar-refractivity contribution in [2.24, 2.45) is 5.92 Å². The van der Waals surface area contributed by atoms with Crippen LogP contribution in [0.3, 0.4) is 0 Å². The van der Waals surface area contributed by atoms with Crippen LogP contribution in [-0.4, -0.2) is 12.1 Å². The number of ether oxygens (including phenoxy) is 1. The first kappa shape index (κ1) is 16.3. The Balaban J connectivity index is 1.98. The second-order valence-corrected chi connectivity index (χ2v) is 6.51. The summed E-state index contributed by atoms with van der Waals surface area (Å²) in [7, 11) is 0. The van der Waals surface area contributed by atoms with Gasteiger partial charge in [0.15, 0.2) is 0 Å². The van der Waals surface area contributed by atoms with Gasteiger partial charge >= 0.3 is 0 Å². The normalized spacial score (nSPS) is 22.5. The van der Waals surface area contributed by atoms with Gasteiger partial charge < -0.3 is 10.1 Å². The molecule has 0 amide bonds. The van der Waals surface area contributed by atoms with E-state index in [4.69, 9.17) is 4.74 Å². The molecule has 0 saturated heterocycles. The van der Waals surface area contributed by atoms with Gasteiger partial charge in [0.2, 0.25) is 0 Å². The fourth-order valence-corrected chi connectivity index (χ4v) is 3.02. The summed E-state index contributed by atoms with van der Waals surface area (Å²) in [4.78, 5) is 0.